The molecule has 12 heavy (non-hydrogen) atoms. The largest absolute Gasteiger partial charge is 0.460 e. The van der Waals surface area contributed by atoms with E-state index in [0.29, 0.717) is 0 Å². The highest BCUT2D eigenvalue weighted by molar-refractivity contribution is 5.73. The van der Waals surface area contributed by atoms with Crippen LogP contribution in [0.2, 0.25) is 0 Å². The van der Waals surface area contributed by atoms with Crippen molar-refractivity contribution < 1.29 is 9.53 Å². The third-order valence-electron chi connectivity index (χ3n) is 1.31. The van der Waals surface area contributed by atoms with Gasteiger partial charge >= 0.3 is 5.97 Å². The Morgan fingerprint density at radius 2 is 1.75 bits per heavy atom. The first kappa shape index (κ1) is 11.4. The van der Waals surface area contributed by atoms with Crippen LogP contribution >= 0.6 is 0 Å². The molecule has 0 amide bonds. The number of nitrogens with two attached hydrogens (primary N) is 2. The molecule has 0 aliphatic carbocycles. The van der Waals surface area contributed by atoms with Crippen LogP contribution in [0.3, 0.4) is 0 Å². The number of esters is 1. The predicted molar refractivity (Wildman–Crippen MR) is 47.4 cm³/mol. The van der Waals surface area contributed by atoms with Crippen LogP contribution < -0.4 is 11.5 Å². The van der Waals surface area contributed by atoms with Gasteiger partial charge in [-0.05, 0) is 20.8 Å². The fourth-order valence-electron chi connectivity index (χ4n) is 0.674. The Balaban J connectivity index is 4.02. The maximum absolute atomic E-state index is 11.2. The van der Waals surface area contributed by atoms with Gasteiger partial charge in [0.1, 0.15) is 5.60 Å². The Hall–Kier alpha value is -0.610. The molecule has 0 aromatic rings. The highest BCUT2D eigenvalue weighted by Crippen LogP contribution is 2.09. The van der Waals surface area contributed by atoms with Crippen LogP contribution in [-0.2, 0) is 9.53 Å². The van der Waals surface area contributed by atoms with Crippen LogP contribution in [-0.4, -0.2) is 24.7 Å². The first-order chi connectivity index (χ1) is 5.40. The Bertz CT molecular complexity index is 148. The maximum Gasteiger partial charge on any atom is 0.312 e. The lowest BCUT2D eigenvalue weighted by Gasteiger charge is -2.22. The van der Waals surface area contributed by atoms with Crippen molar-refractivity contribution in [3.63, 3.8) is 0 Å². The second-order valence-electron chi connectivity index (χ2n) is 3.70. The van der Waals surface area contributed by atoms with Crippen molar-refractivity contribution in [3.8, 4) is 0 Å². The molecule has 4 heteroatoms. The molecule has 0 bridgehead atoms. The number of carbonyl (C=O) groups is 1. The minimum Gasteiger partial charge on any atom is -0.460 e. The summed E-state index contributed by atoms with van der Waals surface area (Å²) in [6.45, 7) is 5.93. The van der Waals surface area contributed by atoms with E-state index in [0.717, 1.165) is 0 Å². The van der Waals surface area contributed by atoms with Crippen LogP contribution in [0.5, 0.6) is 0 Å². The molecule has 0 aromatic carbocycles. The second-order valence-corrected chi connectivity index (χ2v) is 3.70. The van der Waals surface area contributed by atoms with Crippen molar-refractivity contribution in [2.45, 2.75) is 26.4 Å². The van der Waals surface area contributed by atoms with Gasteiger partial charge in [-0.1, -0.05) is 0 Å². The van der Waals surface area contributed by atoms with E-state index in [1.165, 1.54) is 0 Å². The van der Waals surface area contributed by atoms with E-state index >= 15 is 0 Å². The van der Waals surface area contributed by atoms with Crippen molar-refractivity contribution in [3.05, 3.63) is 0 Å². The zero-order valence-corrected chi connectivity index (χ0v) is 7.96. The smallest absolute Gasteiger partial charge is 0.312 e. The number of hydrogen-bond acceptors (Lipinski definition) is 4. The van der Waals surface area contributed by atoms with Crippen molar-refractivity contribution >= 4 is 5.97 Å². The molecular formula is C8H18N2O2. The molecule has 72 valence electrons. The van der Waals surface area contributed by atoms with Crippen LogP contribution in [0.25, 0.3) is 0 Å². The van der Waals surface area contributed by atoms with Crippen molar-refractivity contribution in [1.82, 2.24) is 0 Å². The van der Waals surface area contributed by atoms with Crippen LogP contribution in [0.1, 0.15) is 20.8 Å². The third kappa shape index (κ3) is 4.31. The Morgan fingerprint density at radius 3 is 2.00 bits per heavy atom. The highest BCUT2D eigenvalue weighted by Gasteiger charge is 2.22. The van der Waals surface area contributed by atoms with Gasteiger partial charge in [0.25, 0.3) is 0 Å². The molecule has 0 unspecified atom stereocenters. The molecule has 0 fully saturated rings. The summed E-state index contributed by atoms with van der Waals surface area (Å²) in [5, 5.41) is 0. The number of ether oxygens (including phenoxy) is 1. The van der Waals surface area contributed by atoms with Crippen LogP contribution in [0.15, 0.2) is 0 Å². The molecule has 0 atom stereocenters. The molecule has 0 saturated carbocycles. The summed E-state index contributed by atoms with van der Waals surface area (Å²) < 4.78 is 5.08. The van der Waals surface area contributed by atoms with E-state index in [4.69, 9.17) is 16.2 Å². The van der Waals surface area contributed by atoms with Gasteiger partial charge in [0, 0.05) is 13.1 Å². The summed E-state index contributed by atoms with van der Waals surface area (Å²) in [7, 11) is 0. The Labute approximate surface area is 73.2 Å². The quantitative estimate of drug-likeness (QED) is 0.584. The molecule has 4 N–H and O–H groups in total. The Morgan fingerprint density at radius 1 is 1.33 bits per heavy atom. The van der Waals surface area contributed by atoms with Gasteiger partial charge in [-0.3, -0.25) is 4.79 Å². The van der Waals surface area contributed by atoms with Crippen molar-refractivity contribution in [2.75, 3.05) is 13.1 Å². The van der Waals surface area contributed by atoms with Crippen LogP contribution in [0.4, 0.5) is 0 Å². The fourth-order valence-corrected chi connectivity index (χ4v) is 0.674. The van der Waals surface area contributed by atoms with Gasteiger partial charge in [0.05, 0.1) is 5.92 Å². The number of rotatable bonds is 3. The van der Waals surface area contributed by atoms with Gasteiger partial charge < -0.3 is 16.2 Å². The summed E-state index contributed by atoms with van der Waals surface area (Å²) in [5.74, 6) is -0.684. The summed E-state index contributed by atoms with van der Waals surface area (Å²) in [4.78, 5) is 11.2. The summed E-state index contributed by atoms with van der Waals surface area (Å²) in [5.41, 5.74) is 10.2. The van der Waals surface area contributed by atoms with Gasteiger partial charge in [-0.15, -0.1) is 0 Å². The predicted octanol–water partition coefficient (Wildman–Crippen LogP) is -0.138. The third-order valence-corrected chi connectivity index (χ3v) is 1.31. The molecule has 0 spiro atoms. The number of hydrogen-bond donors (Lipinski definition) is 2. The normalized spacial score (nSPS) is 11.8. The van der Waals surface area contributed by atoms with Crippen LogP contribution in [0, 0.1) is 5.92 Å². The SMILES string of the molecule is CC(C)(C)OC(=O)C(CN)CN. The minimum atomic E-state index is -0.459. The van der Waals surface area contributed by atoms with E-state index in [9.17, 15) is 4.79 Å². The summed E-state index contributed by atoms with van der Waals surface area (Å²) in [6, 6.07) is 0. The molecular weight excluding hydrogens is 156 g/mol. The molecule has 0 saturated heterocycles. The van der Waals surface area contributed by atoms with E-state index in [-0.39, 0.29) is 25.0 Å². The molecule has 4 nitrogen and oxygen atoms in total. The van der Waals surface area contributed by atoms with Gasteiger partial charge in [0.2, 0.25) is 0 Å². The lowest BCUT2D eigenvalue weighted by molar-refractivity contribution is -0.159. The minimum absolute atomic E-state index is 0.241. The zero-order chi connectivity index (χ0) is 9.78. The first-order valence-electron chi connectivity index (χ1n) is 4.03. The Kier molecular flexibility index (Phi) is 4.20. The van der Waals surface area contributed by atoms with E-state index in [1.807, 2.05) is 20.8 Å². The highest BCUT2D eigenvalue weighted by atomic mass is 16.6. The molecule has 0 aromatic heterocycles. The average Bonchev–Trinajstić information content (AvgIpc) is 1.85. The lowest BCUT2D eigenvalue weighted by atomic mass is 10.1. The first-order valence-corrected chi connectivity index (χ1v) is 4.03. The fraction of sp³-hybridized carbons (Fsp3) is 0.875. The molecule has 0 aliphatic heterocycles. The summed E-state index contributed by atoms with van der Waals surface area (Å²) in [6.07, 6.45) is 0. The summed E-state index contributed by atoms with van der Waals surface area (Å²) >= 11 is 0. The zero-order valence-electron chi connectivity index (χ0n) is 7.96. The second kappa shape index (κ2) is 4.42. The molecule has 0 rings (SSSR count). The van der Waals surface area contributed by atoms with Gasteiger partial charge in [-0.25, -0.2) is 0 Å². The van der Waals surface area contributed by atoms with E-state index < -0.39 is 5.60 Å². The number of carbonyl (C=O) groups excluding carboxylic acids is 1. The van der Waals surface area contributed by atoms with Crippen molar-refractivity contribution in [1.29, 1.82) is 0 Å². The average molecular weight is 174 g/mol. The standard InChI is InChI=1S/C8H18N2O2/c1-8(2,3)12-7(11)6(4-9)5-10/h6H,4-5,9-10H2,1-3H3. The lowest BCUT2D eigenvalue weighted by Crippen LogP contribution is -2.36. The molecule has 0 aliphatic rings. The van der Waals surface area contributed by atoms with Gasteiger partial charge in [0.15, 0.2) is 0 Å². The van der Waals surface area contributed by atoms with E-state index in [1.54, 1.807) is 0 Å². The van der Waals surface area contributed by atoms with Crippen molar-refractivity contribution in [2.24, 2.45) is 17.4 Å². The maximum atomic E-state index is 11.2. The molecule has 0 heterocycles. The van der Waals surface area contributed by atoms with E-state index in [2.05, 4.69) is 0 Å². The topological polar surface area (TPSA) is 78.3 Å². The van der Waals surface area contributed by atoms with Gasteiger partial charge in [-0.2, -0.15) is 0 Å². The monoisotopic (exact) mass is 174 g/mol. The molecule has 0 radical (unpaired) electrons.